The van der Waals surface area contributed by atoms with Crippen molar-refractivity contribution in [2.24, 2.45) is 11.1 Å². The number of nitrogens with two attached hydrogens (primary N) is 1. The number of hydrogen-bond donors (Lipinski definition) is 3. The highest BCUT2D eigenvalue weighted by Gasteiger charge is 2.40. The molecule has 0 bridgehead atoms. The van der Waals surface area contributed by atoms with Crippen LogP contribution in [0.4, 0.5) is 0 Å². The van der Waals surface area contributed by atoms with Crippen molar-refractivity contribution in [1.82, 2.24) is 15.6 Å². The first kappa shape index (κ1) is 14.9. The van der Waals surface area contributed by atoms with E-state index in [1.807, 2.05) is 26.0 Å². The molecular formula is C15H24N4O. The molecule has 4 N–H and O–H groups in total. The summed E-state index contributed by atoms with van der Waals surface area (Å²) < 4.78 is 0. The maximum absolute atomic E-state index is 11.7. The molecule has 1 fully saturated rings. The molecule has 5 nitrogen and oxygen atoms in total. The Balaban J connectivity index is 2.19. The molecule has 0 aromatic carbocycles. The summed E-state index contributed by atoms with van der Waals surface area (Å²) in [5, 5.41) is 7.03. The number of carbonyl (C=O) groups is 1. The van der Waals surface area contributed by atoms with E-state index in [-0.39, 0.29) is 11.4 Å². The van der Waals surface area contributed by atoms with Crippen molar-refractivity contribution in [3.8, 4) is 0 Å². The third kappa shape index (κ3) is 3.55. The highest BCUT2D eigenvalue weighted by atomic mass is 16.1. The highest BCUT2D eigenvalue weighted by Crippen LogP contribution is 2.30. The van der Waals surface area contributed by atoms with Crippen LogP contribution in [0.1, 0.15) is 25.8 Å². The van der Waals surface area contributed by atoms with Crippen LogP contribution in [-0.2, 0) is 11.2 Å². The fraction of sp³-hybridized carbons (Fsp3) is 0.600. The molecule has 2 heterocycles. The van der Waals surface area contributed by atoms with E-state index in [1.54, 1.807) is 12.4 Å². The van der Waals surface area contributed by atoms with Crippen LogP contribution in [0.2, 0.25) is 0 Å². The Kier molecular flexibility index (Phi) is 4.40. The van der Waals surface area contributed by atoms with E-state index in [1.165, 1.54) is 5.56 Å². The molecule has 0 radical (unpaired) electrons. The zero-order valence-electron chi connectivity index (χ0n) is 12.3. The summed E-state index contributed by atoms with van der Waals surface area (Å²) in [7, 11) is 0. The van der Waals surface area contributed by atoms with Gasteiger partial charge in [-0.1, -0.05) is 13.8 Å². The molecule has 20 heavy (non-hydrogen) atoms. The van der Waals surface area contributed by atoms with Gasteiger partial charge in [0.15, 0.2) is 0 Å². The number of carbonyl (C=O) groups excluding carboxylic acids is 1. The molecule has 1 aliphatic rings. The average Bonchev–Trinajstić information content (AvgIpc) is 2.40. The van der Waals surface area contributed by atoms with Crippen LogP contribution >= 0.6 is 0 Å². The van der Waals surface area contributed by atoms with Gasteiger partial charge in [0.25, 0.3) is 0 Å². The van der Waals surface area contributed by atoms with Crippen molar-refractivity contribution >= 4 is 5.91 Å². The Labute approximate surface area is 120 Å². The number of aromatic nitrogens is 1. The summed E-state index contributed by atoms with van der Waals surface area (Å²) in [6.45, 7) is 6.53. The van der Waals surface area contributed by atoms with E-state index < -0.39 is 5.41 Å². The van der Waals surface area contributed by atoms with E-state index >= 15 is 0 Å². The van der Waals surface area contributed by atoms with Gasteiger partial charge >= 0.3 is 0 Å². The molecule has 0 spiro atoms. The SMILES string of the molecule is CC(C)(C[C@@]1(Cc2ccncc2)CNCCN1)C(N)=O. The lowest BCUT2D eigenvalue weighted by Crippen LogP contribution is -2.62. The van der Waals surface area contributed by atoms with Crippen LogP contribution in [0.15, 0.2) is 24.5 Å². The van der Waals surface area contributed by atoms with E-state index in [0.717, 1.165) is 26.1 Å². The third-order valence-corrected chi connectivity index (χ3v) is 4.00. The smallest absolute Gasteiger partial charge is 0.223 e. The molecular weight excluding hydrogens is 252 g/mol. The Morgan fingerprint density at radius 3 is 2.65 bits per heavy atom. The van der Waals surface area contributed by atoms with Gasteiger partial charge in [0, 0.05) is 43.0 Å². The topological polar surface area (TPSA) is 80.0 Å². The van der Waals surface area contributed by atoms with Crippen molar-refractivity contribution in [2.75, 3.05) is 19.6 Å². The van der Waals surface area contributed by atoms with Gasteiger partial charge < -0.3 is 16.4 Å². The molecule has 5 heteroatoms. The van der Waals surface area contributed by atoms with Crippen molar-refractivity contribution in [1.29, 1.82) is 0 Å². The van der Waals surface area contributed by atoms with Gasteiger partial charge in [0.1, 0.15) is 0 Å². The number of amides is 1. The molecule has 110 valence electrons. The van der Waals surface area contributed by atoms with Crippen molar-refractivity contribution in [3.05, 3.63) is 30.1 Å². The highest BCUT2D eigenvalue weighted by molar-refractivity contribution is 5.80. The largest absolute Gasteiger partial charge is 0.369 e. The minimum atomic E-state index is -0.529. The lowest BCUT2D eigenvalue weighted by atomic mass is 9.74. The van der Waals surface area contributed by atoms with E-state index in [4.69, 9.17) is 5.73 Å². The van der Waals surface area contributed by atoms with E-state index in [2.05, 4.69) is 15.6 Å². The van der Waals surface area contributed by atoms with Gasteiger partial charge in [-0.3, -0.25) is 9.78 Å². The second-order valence-corrected chi connectivity index (χ2v) is 6.34. The predicted octanol–water partition coefficient (Wildman–Crippen LogP) is 0.457. The van der Waals surface area contributed by atoms with Gasteiger partial charge in [-0.05, 0) is 30.5 Å². The molecule has 1 amide bonds. The minimum absolute atomic E-state index is 0.141. The summed E-state index contributed by atoms with van der Waals surface area (Å²) in [5.41, 5.74) is 6.09. The summed E-state index contributed by atoms with van der Waals surface area (Å²) >= 11 is 0. The normalized spacial score (nSPS) is 23.5. The van der Waals surface area contributed by atoms with Crippen LogP contribution in [0.5, 0.6) is 0 Å². The maximum atomic E-state index is 11.7. The Morgan fingerprint density at radius 1 is 1.40 bits per heavy atom. The minimum Gasteiger partial charge on any atom is -0.369 e. The molecule has 1 aliphatic heterocycles. The Morgan fingerprint density at radius 2 is 2.10 bits per heavy atom. The number of piperazine rings is 1. The summed E-state index contributed by atoms with van der Waals surface area (Å²) in [6, 6.07) is 4.05. The summed E-state index contributed by atoms with van der Waals surface area (Å²) in [6.07, 6.45) is 5.18. The number of nitrogens with one attached hydrogen (secondary N) is 2. The lowest BCUT2D eigenvalue weighted by Gasteiger charge is -2.43. The van der Waals surface area contributed by atoms with E-state index in [0.29, 0.717) is 6.42 Å². The molecule has 1 aromatic heterocycles. The fourth-order valence-corrected chi connectivity index (χ4v) is 2.94. The van der Waals surface area contributed by atoms with Gasteiger partial charge in [0.05, 0.1) is 0 Å². The van der Waals surface area contributed by atoms with Crippen LogP contribution in [0.25, 0.3) is 0 Å². The first-order valence-corrected chi connectivity index (χ1v) is 7.08. The third-order valence-electron chi connectivity index (χ3n) is 4.00. The molecule has 0 unspecified atom stereocenters. The van der Waals surface area contributed by atoms with Crippen molar-refractivity contribution < 1.29 is 4.79 Å². The summed E-state index contributed by atoms with van der Waals surface area (Å²) in [4.78, 5) is 15.7. The lowest BCUT2D eigenvalue weighted by molar-refractivity contribution is -0.127. The molecule has 1 saturated heterocycles. The van der Waals surface area contributed by atoms with Crippen molar-refractivity contribution in [2.45, 2.75) is 32.2 Å². The maximum Gasteiger partial charge on any atom is 0.223 e. The number of nitrogens with zero attached hydrogens (tertiary/aromatic N) is 1. The number of primary amides is 1. The first-order chi connectivity index (χ1) is 9.44. The fourth-order valence-electron chi connectivity index (χ4n) is 2.94. The monoisotopic (exact) mass is 276 g/mol. The number of rotatable bonds is 5. The Hall–Kier alpha value is -1.46. The first-order valence-electron chi connectivity index (χ1n) is 7.08. The van der Waals surface area contributed by atoms with Gasteiger partial charge in [-0.2, -0.15) is 0 Å². The molecule has 0 saturated carbocycles. The van der Waals surface area contributed by atoms with Crippen LogP contribution in [0, 0.1) is 5.41 Å². The molecule has 2 rings (SSSR count). The molecule has 0 aliphatic carbocycles. The number of pyridine rings is 1. The van der Waals surface area contributed by atoms with Crippen LogP contribution < -0.4 is 16.4 Å². The average molecular weight is 276 g/mol. The van der Waals surface area contributed by atoms with Crippen LogP contribution in [0.3, 0.4) is 0 Å². The second kappa shape index (κ2) is 5.89. The molecule has 1 aromatic rings. The van der Waals surface area contributed by atoms with Crippen LogP contribution in [-0.4, -0.2) is 36.1 Å². The van der Waals surface area contributed by atoms with Gasteiger partial charge in [0.2, 0.25) is 5.91 Å². The standard InChI is InChI=1S/C15H24N4O/c1-14(2,13(16)20)10-15(11-18-7-8-19-15)9-12-3-5-17-6-4-12/h3-6,18-19H,7-11H2,1-2H3,(H2,16,20)/t15-/m0/s1. The second-order valence-electron chi connectivity index (χ2n) is 6.34. The van der Waals surface area contributed by atoms with Gasteiger partial charge in [-0.25, -0.2) is 0 Å². The predicted molar refractivity (Wildman–Crippen MR) is 79.1 cm³/mol. The molecule has 1 atom stereocenters. The summed E-state index contributed by atoms with van der Waals surface area (Å²) in [5.74, 6) is -0.251. The number of hydrogen-bond acceptors (Lipinski definition) is 4. The zero-order chi connectivity index (χ0) is 14.6. The quantitative estimate of drug-likeness (QED) is 0.730. The zero-order valence-corrected chi connectivity index (χ0v) is 12.3. The van der Waals surface area contributed by atoms with E-state index in [9.17, 15) is 4.79 Å². The van der Waals surface area contributed by atoms with Crippen molar-refractivity contribution in [3.63, 3.8) is 0 Å². The van der Waals surface area contributed by atoms with Gasteiger partial charge in [-0.15, -0.1) is 0 Å². The Bertz CT molecular complexity index is 452.